The average molecular weight is 318 g/mol. The van der Waals surface area contributed by atoms with Crippen molar-refractivity contribution in [2.75, 3.05) is 5.43 Å². The first-order valence-electron chi connectivity index (χ1n) is 8.07. The van der Waals surface area contributed by atoms with Crippen molar-refractivity contribution in [3.05, 3.63) is 65.9 Å². The van der Waals surface area contributed by atoms with E-state index in [4.69, 9.17) is 0 Å². The molecule has 0 aliphatic carbocycles. The van der Waals surface area contributed by atoms with Crippen LogP contribution in [-0.4, -0.2) is 15.9 Å². The van der Waals surface area contributed by atoms with Crippen LogP contribution in [0.3, 0.4) is 0 Å². The van der Waals surface area contributed by atoms with E-state index in [0.717, 1.165) is 22.0 Å². The van der Waals surface area contributed by atoms with E-state index >= 15 is 0 Å². The first-order valence-corrected chi connectivity index (χ1v) is 8.07. The number of rotatable bonds is 3. The normalized spacial score (nSPS) is 12.4. The Labute approximate surface area is 142 Å². The fraction of sp³-hybridized carbons (Fsp3) is 0.250. The first-order chi connectivity index (χ1) is 11.4. The monoisotopic (exact) mass is 318 g/mol. The summed E-state index contributed by atoms with van der Waals surface area (Å²) in [5.41, 5.74) is 6.50. The van der Waals surface area contributed by atoms with Crippen molar-refractivity contribution in [3.63, 3.8) is 0 Å². The molecule has 0 saturated heterocycles. The molecule has 122 valence electrons. The lowest BCUT2D eigenvalue weighted by Gasteiger charge is -2.19. The van der Waals surface area contributed by atoms with E-state index < -0.39 is 0 Å². The summed E-state index contributed by atoms with van der Waals surface area (Å²) >= 11 is 0. The summed E-state index contributed by atoms with van der Waals surface area (Å²) in [6.07, 6.45) is 1.75. The van der Waals surface area contributed by atoms with Crippen molar-refractivity contribution in [3.8, 4) is 0 Å². The van der Waals surface area contributed by atoms with Gasteiger partial charge < -0.3 is 0 Å². The van der Waals surface area contributed by atoms with Gasteiger partial charge in [0.1, 0.15) is 0 Å². The molecule has 4 heteroatoms. The molecule has 0 atom stereocenters. The highest BCUT2D eigenvalue weighted by Crippen LogP contribution is 2.23. The highest BCUT2D eigenvalue weighted by atomic mass is 15.3. The predicted octanol–water partition coefficient (Wildman–Crippen LogP) is 4.76. The molecule has 3 aromatic rings. The highest BCUT2D eigenvalue weighted by molar-refractivity contribution is 5.99. The molecule has 3 rings (SSSR count). The zero-order valence-electron chi connectivity index (χ0n) is 14.5. The van der Waals surface area contributed by atoms with Gasteiger partial charge in [0.2, 0.25) is 0 Å². The molecule has 2 aromatic carbocycles. The van der Waals surface area contributed by atoms with E-state index in [1.807, 2.05) is 31.2 Å². The van der Waals surface area contributed by atoms with Gasteiger partial charge in [-0.2, -0.15) is 10.2 Å². The van der Waals surface area contributed by atoms with Crippen molar-refractivity contribution in [2.45, 2.75) is 33.1 Å². The first kappa shape index (κ1) is 16.1. The van der Waals surface area contributed by atoms with Crippen LogP contribution in [0.1, 0.15) is 38.8 Å². The number of nitrogens with zero attached hydrogens (tertiary/aromatic N) is 3. The van der Waals surface area contributed by atoms with Crippen LogP contribution in [0.25, 0.3) is 10.8 Å². The lowest BCUT2D eigenvalue weighted by atomic mass is 9.86. The molecule has 0 aliphatic rings. The maximum atomic E-state index is 4.47. The highest BCUT2D eigenvalue weighted by Gasteiger charge is 2.13. The van der Waals surface area contributed by atoms with Crippen LogP contribution in [0, 0.1) is 0 Å². The van der Waals surface area contributed by atoms with Gasteiger partial charge in [-0.25, -0.2) is 0 Å². The molecular formula is C20H22N4. The maximum absolute atomic E-state index is 4.47. The van der Waals surface area contributed by atoms with E-state index in [2.05, 4.69) is 65.8 Å². The molecule has 1 aromatic heterocycles. The van der Waals surface area contributed by atoms with Gasteiger partial charge in [0.25, 0.3) is 0 Å². The van der Waals surface area contributed by atoms with Gasteiger partial charge in [-0.1, -0.05) is 69.3 Å². The van der Waals surface area contributed by atoms with Gasteiger partial charge >= 0.3 is 0 Å². The van der Waals surface area contributed by atoms with Gasteiger partial charge in [0.05, 0.1) is 11.9 Å². The van der Waals surface area contributed by atoms with Gasteiger partial charge in [-0.3, -0.25) is 5.43 Å². The molecule has 0 spiro atoms. The van der Waals surface area contributed by atoms with Gasteiger partial charge in [0, 0.05) is 10.8 Å². The summed E-state index contributed by atoms with van der Waals surface area (Å²) in [6.45, 7) is 8.62. The minimum Gasteiger partial charge on any atom is -0.259 e. The quantitative estimate of drug-likeness (QED) is 0.559. The van der Waals surface area contributed by atoms with Crippen molar-refractivity contribution >= 4 is 22.3 Å². The largest absolute Gasteiger partial charge is 0.259 e. The topological polar surface area (TPSA) is 50.2 Å². The molecule has 0 fully saturated rings. The van der Waals surface area contributed by atoms with Crippen LogP contribution in [0.2, 0.25) is 0 Å². The number of fused-ring (bicyclic) bond motifs is 1. The SMILES string of the molecule is C/C(=N\Nc1nncc2ccccc12)c1ccc(C(C)(C)C)cc1. The Morgan fingerprint density at radius 2 is 1.71 bits per heavy atom. The Hall–Kier alpha value is -2.75. The van der Waals surface area contributed by atoms with E-state index in [9.17, 15) is 0 Å². The van der Waals surface area contributed by atoms with E-state index in [0.29, 0.717) is 5.82 Å². The molecule has 24 heavy (non-hydrogen) atoms. The standard InChI is InChI=1S/C20H22N4/c1-14(15-9-11-17(12-10-15)20(2,3)4)22-24-19-18-8-6-5-7-16(18)13-21-23-19/h5-13H,1-4H3,(H,23,24)/b22-14+. The zero-order valence-corrected chi connectivity index (χ0v) is 14.5. The number of benzene rings is 2. The number of anilines is 1. The number of nitrogens with one attached hydrogen (secondary N) is 1. The molecule has 0 aliphatic heterocycles. The zero-order chi connectivity index (χ0) is 17.2. The summed E-state index contributed by atoms with van der Waals surface area (Å²) in [7, 11) is 0. The third-order valence-electron chi connectivity index (χ3n) is 4.07. The van der Waals surface area contributed by atoms with Crippen LogP contribution >= 0.6 is 0 Å². The molecule has 0 saturated carbocycles. The molecule has 0 amide bonds. The number of hydrogen-bond acceptors (Lipinski definition) is 4. The number of hydrazone groups is 1. The van der Waals surface area contributed by atoms with Crippen LogP contribution in [-0.2, 0) is 5.41 Å². The number of aromatic nitrogens is 2. The van der Waals surface area contributed by atoms with Crippen LogP contribution in [0.5, 0.6) is 0 Å². The Bertz CT molecular complexity index is 869. The second-order valence-electron chi connectivity index (χ2n) is 6.92. The van der Waals surface area contributed by atoms with Gasteiger partial charge in [-0.05, 0) is 23.5 Å². The Morgan fingerprint density at radius 1 is 1.00 bits per heavy atom. The summed E-state index contributed by atoms with van der Waals surface area (Å²) in [6, 6.07) is 16.5. The van der Waals surface area contributed by atoms with Gasteiger partial charge in [0.15, 0.2) is 5.82 Å². The third-order valence-corrected chi connectivity index (χ3v) is 4.07. The van der Waals surface area contributed by atoms with Crippen molar-refractivity contribution in [1.82, 2.24) is 10.2 Å². The lowest BCUT2D eigenvalue weighted by Crippen LogP contribution is -2.11. The van der Waals surface area contributed by atoms with Crippen LogP contribution in [0.4, 0.5) is 5.82 Å². The maximum Gasteiger partial charge on any atom is 0.176 e. The molecule has 4 nitrogen and oxygen atoms in total. The van der Waals surface area contributed by atoms with Crippen LogP contribution in [0.15, 0.2) is 59.8 Å². The predicted molar refractivity (Wildman–Crippen MR) is 101 cm³/mol. The Balaban J connectivity index is 1.83. The average Bonchev–Trinajstić information content (AvgIpc) is 2.59. The minimum atomic E-state index is 0.153. The second kappa shape index (κ2) is 6.40. The molecular weight excluding hydrogens is 296 g/mol. The summed E-state index contributed by atoms with van der Waals surface area (Å²) < 4.78 is 0. The van der Waals surface area contributed by atoms with Crippen molar-refractivity contribution < 1.29 is 0 Å². The molecule has 0 unspecified atom stereocenters. The summed E-state index contributed by atoms with van der Waals surface area (Å²) in [5.74, 6) is 0.666. The minimum absolute atomic E-state index is 0.153. The molecule has 0 bridgehead atoms. The Kier molecular flexibility index (Phi) is 4.30. The Morgan fingerprint density at radius 3 is 2.42 bits per heavy atom. The summed E-state index contributed by atoms with van der Waals surface area (Å²) in [5, 5.41) is 14.7. The smallest absolute Gasteiger partial charge is 0.176 e. The number of hydrogen-bond donors (Lipinski definition) is 1. The van der Waals surface area contributed by atoms with Crippen molar-refractivity contribution in [1.29, 1.82) is 0 Å². The van der Waals surface area contributed by atoms with E-state index in [1.165, 1.54) is 5.56 Å². The lowest BCUT2D eigenvalue weighted by molar-refractivity contribution is 0.590. The van der Waals surface area contributed by atoms with Crippen molar-refractivity contribution in [2.24, 2.45) is 5.10 Å². The summed E-state index contributed by atoms with van der Waals surface area (Å²) in [4.78, 5) is 0. The van der Waals surface area contributed by atoms with E-state index in [1.54, 1.807) is 6.20 Å². The second-order valence-corrected chi connectivity index (χ2v) is 6.92. The molecule has 1 heterocycles. The molecule has 1 N–H and O–H groups in total. The third kappa shape index (κ3) is 3.43. The van der Waals surface area contributed by atoms with Gasteiger partial charge in [-0.15, -0.1) is 5.10 Å². The fourth-order valence-corrected chi connectivity index (χ4v) is 2.52. The van der Waals surface area contributed by atoms with E-state index in [-0.39, 0.29) is 5.41 Å². The fourth-order valence-electron chi connectivity index (χ4n) is 2.52. The molecule has 0 radical (unpaired) electrons. The van der Waals surface area contributed by atoms with Crippen LogP contribution < -0.4 is 5.43 Å².